The molecule has 0 amide bonds. The van der Waals surface area contributed by atoms with Crippen molar-refractivity contribution in [2.75, 3.05) is 5.38 Å². The van der Waals surface area contributed by atoms with E-state index in [9.17, 15) is 5.21 Å². The maximum absolute atomic E-state index is 11.2. The van der Waals surface area contributed by atoms with Crippen molar-refractivity contribution in [2.24, 2.45) is 0 Å². The first-order valence-corrected chi connectivity index (χ1v) is 8.99. The standard InChI is InChI=1S/C9H15NOSSi/c1-13(2,3)8-12-9-6-4-5-7-10(9)11/h4-7H,8H2,1-3H3. The Morgan fingerprint density at radius 1 is 1.38 bits per heavy atom. The number of hydrogen-bond acceptors (Lipinski definition) is 2. The first-order valence-electron chi connectivity index (χ1n) is 4.30. The van der Waals surface area contributed by atoms with E-state index in [0.29, 0.717) is 0 Å². The van der Waals surface area contributed by atoms with Crippen molar-refractivity contribution in [3.05, 3.63) is 29.6 Å². The van der Waals surface area contributed by atoms with Gasteiger partial charge in [0.2, 0.25) is 0 Å². The second-order valence-corrected chi connectivity index (χ2v) is 11.2. The molecule has 0 bridgehead atoms. The molecule has 1 rings (SSSR count). The van der Waals surface area contributed by atoms with Crippen LogP contribution in [-0.2, 0) is 0 Å². The molecule has 1 aromatic rings. The summed E-state index contributed by atoms with van der Waals surface area (Å²) >= 11 is 1.67. The van der Waals surface area contributed by atoms with Gasteiger partial charge in [-0.3, -0.25) is 0 Å². The monoisotopic (exact) mass is 213 g/mol. The summed E-state index contributed by atoms with van der Waals surface area (Å²) in [6, 6.07) is 5.53. The molecule has 0 atom stereocenters. The fraction of sp³-hybridized carbons (Fsp3) is 0.444. The van der Waals surface area contributed by atoms with Crippen LogP contribution >= 0.6 is 11.8 Å². The van der Waals surface area contributed by atoms with E-state index in [4.69, 9.17) is 0 Å². The highest BCUT2D eigenvalue weighted by molar-refractivity contribution is 8.00. The van der Waals surface area contributed by atoms with Gasteiger partial charge in [0.1, 0.15) is 0 Å². The van der Waals surface area contributed by atoms with Crippen LogP contribution < -0.4 is 4.73 Å². The lowest BCUT2D eigenvalue weighted by atomic mass is 10.5. The van der Waals surface area contributed by atoms with Crippen molar-refractivity contribution in [3.63, 3.8) is 0 Å². The quantitative estimate of drug-likeness (QED) is 0.333. The van der Waals surface area contributed by atoms with Crippen LogP contribution in [0.3, 0.4) is 0 Å². The molecule has 13 heavy (non-hydrogen) atoms. The van der Waals surface area contributed by atoms with Crippen LogP contribution in [0.25, 0.3) is 0 Å². The van der Waals surface area contributed by atoms with E-state index in [1.165, 1.54) is 0 Å². The minimum absolute atomic E-state index is 0.810. The molecule has 2 nitrogen and oxygen atoms in total. The molecule has 1 heterocycles. The van der Waals surface area contributed by atoms with Crippen LogP contribution in [0.4, 0.5) is 0 Å². The molecular formula is C9H15NOSSi. The molecule has 72 valence electrons. The summed E-state index contributed by atoms with van der Waals surface area (Å²) in [5.41, 5.74) is 0. The van der Waals surface area contributed by atoms with Gasteiger partial charge < -0.3 is 5.21 Å². The van der Waals surface area contributed by atoms with Gasteiger partial charge in [-0.2, -0.15) is 4.73 Å². The van der Waals surface area contributed by atoms with Gasteiger partial charge in [-0.25, -0.2) is 0 Å². The van der Waals surface area contributed by atoms with E-state index < -0.39 is 8.07 Å². The van der Waals surface area contributed by atoms with Crippen molar-refractivity contribution in [3.8, 4) is 0 Å². The van der Waals surface area contributed by atoms with Crippen LogP contribution in [0.2, 0.25) is 19.6 Å². The molecule has 0 saturated carbocycles. The van der Waals surface area contributed by atoms with E-state index in [1.807, 2.05) is 12.1 Å². The molecular weight excluding hydrogens is 198 g/mol. The Labute approximate surface area is 84.6 Å². The number of pyridine rings is 1. The van der Waals surface area contributed by atoms with Gasteiger partial charge in [0.15, 0.2) is 6.20 Å². The third kappa shape index (κ3) is 3.82. The van der Waals surface area contributed by atoms with Crippen LogP contribution in [0.1, 0.15) is 0 Å². The number of thioether (sulfide) groups is 1. The molecule has 0 aliphatic heterocycles. The zero-order valence-electron chi connectivity index (χ0n) is 8.28. The number of aromatic nitrogens is 1. The third-order valence-corrected chi connectivity index (χ3v) is 6.09. The van der Waals surface area contributed by atoms with Gasteiger partial charge in [0, 0.05) is 12.1 Å². The van der Waals surface area contributed by atoms with Gasteiger partial charge in [0.25, 0.3) is 5.03 Å². The predicted molar refractivity (Wildman–Crippen MR) is 59.5 cm³/mol. The summed E-state index contributed by atoms with van der Waals surface area (Å²) in [6.45, 7) is 6.91. The van der Waals surface area contributed by atoms with Gasteiger partial charge in [-0.15, -0.1) is 0 Å². The van der Waals surface area contributed by atoms with E-state index in [2.05, 4.69) is 19.6 Å². The first kappa shape index (κ1) is 10.6. The SMILES string of the molecule is C[Si](C)(C)CSc1cccc[n+]1[O-]. The molecule has 0 aliphatic carbocycles. The summed E-state index contributed by atoms with van der Waals surface area (Å²) < 4.78 is 0.935. The van der Waals surface area contributed by atoms with Crippen LogP contribution in [-0.4, -0.2) is 13.5 Å². The molecule has 0 N–H and O–H groups in total. The molecule has 0 unspecified atom stereocenters. The van der Waals surface area contributed by atoms with E-state index in [-0.39, 0.29) is 0 Å². The average molecular weight is 213 g/mol. The van der Waals surface area contributed by atoms with Gasteiger partial charge in [-0.1, -0.05) is 31.4 Å². The number of rotatable bonds is 3. The molecule has 0 radical (unpaired) electrons. The lowest BCUT2D eigenvalue weighted by molar-refractivity contribution is -0.645. The minimum atomic E-state index is -1.05. The van der Waals surface area contributed by atoms with Gasteiger partial charge in [0.05, 0.1) is 8.07 Å². The largest absolute Gasteiger partial charge is 0.618 e. The minimum Gasteiger partial charge on any atom is -0.618 e. The van der Waals surface area contributed by atoms with Crippen molar-refractivity contribution in [1.82, 2.24) is 0 Å². The molecule has 0 fully saturated rings. The molecule has 0 spiro atoms. The normalized spacial score (nSPS) is 11.6. The second-order valence-electron chi connectivity index (χ2n) is 4.21. The van der Waals surface area contributed by atoms with Crippen LogP contribution in [0.5, 0.6) is 0 Å². The van der Waals surface area contributed by atoms with Crippen LogP contribution in [0, 0.1) is 5.21 Å². The highest BCUT2D eigenvalue weighted by atomic mass is 32.2. The number of nitrogens with zero attached hydrogens (tertiary/aromatic N) is 1. The lowest BCUT2D eigenvalue weighted by Gasteiger charge is -2.13. The Hall–Kier alpha value is -0.483. The van der Waals surface area contributed by atoms with Crippen molar-refractivity contribution >= 4 is 19.8 Å². The van der Waals surface area contributed by atoms with Crippen molar-refractivity contribution in [2.45, 2.75) is 24.7 Å². The fourth-order valence-electron chi connectivity index (χ4n) is 0.815. The highest BCUT2D eigenvalue weighted by Crippen LogP contribution is 2.17. The predicted octanol–water partition coefficient (Wildman–Crippen LogP) is 2.29. The second kappa shape index (κ2) is 4.15. The summed E-state index contributed by atoms with van der Waals surface area (Å²) in [5.74, 6) is 0. The molecule has 0 aromatic carbocycles. The molecule has 0 saturated heterocycles. The Morgan fingerprint density at radius 3 is 2.62 bits per heavy atom. The van der Waals surface area contributed by atoms with E-state index in [1.54, 1.807) is 24.0 Å². The Balaban J connectivity index is 2.60. The van der Waals surface area contributed by atoms with Crippen molar-refractivity contribution in [1.29, 1.82) is 0 Å². The molecule has 4 heteroatoms. The zero-order chi connectivity index (χ0) is 9.90. The van der Waals surface area contributed by atoms with Gasteiger partial charge in [-0.05, 0) is 11.4 Å². The Bertz CT molecular complexity index is 285. The third-order valence-electron chi connectivity index (χ3n) is 1.44. The first-order chi connectivity index (χ1) is 5.99. The van der Waals surface area contributed by atoms with E-state index in [0.717, 1.165) is 15.1 Å². The summed E-state index contributed by atoms with van der Waals surface area (Å²) in [5, 5.41) is 13.2. The van der Waals surface area contributed by atoms with E-state index >= 15 is 0 Å². The van der Waals surface area contributed by atoms with Crippen molar-refractivity contribution < 1.29 is 4.73 Å². The maximum atomic E-state index is 11.2. The summed E-state index contributed by atoms with van der Waals surface area (Å²) in [6.07, 6.45) is 1.55. The summed E-state index contributed by atoms with van der Waals surface area (Å²) in [4.78, 5) is 0. The summed E-state index contributed by atoms with van der Waals surface area (Å²) in [7, 11) is -1.05. The average Bonchev–Trinajstić information content (AvgIpc) is 2.01. The lowest BCUT2D eigenvalue weighted by Crippen LogP contribution is -2.30. The molecule has 0 aliphatic rings. The fourth-order valence-corrected chi connectivity index (χ4v) is 3.50. The molecule has 1 aromatic heterocycles. The number of hydrogen-bond donors (Lipinski definition) is 0. The maximum Gasteiger partial charge on any atom is 0.251 e. The Kier molecular flexibility index (Phi) is 3.38. The highest BCUT2D eigenvalue weighted by Gasteiger charge is 2.15. The smallest absolute Gasteiger partial charge is 0.251 e. The van der Waals surface area contributed by atoms with Gasteiger partial charge >= 0.3 is 0 Å². The van der Waals surface area contributed by atoms with Crippen LogP contribution in [0.15, 0.2) is 29.4 Å². The Morgan fingerprint density at radius 2 is 2.08 bits per heavy atom. The topological polar surface area (TPSA) is 26.9 Å². The zero-order valence-corrected chi connectivity index (χ0v) is 10.1.